The molecule has 0 saturated carbocycles. The molecule has 2 amide bonds. The molecule has 2 aromatic rings. The number of rotatable bonds is 7. The maximum Gasteiger partial charge on any atom is 0.336 e. The van der Waals surface area contributed by atoms with Crippen molar-refractivity contribution >= 4 is 40.9 Å². The third-order valence-electron chi connectivity index (χ3n) is 4.31. The van der Waals surface area contributed by atoms with Crippen molar-refractivity contribution in [2.75, 3.05) is 18.0 Å². The quantitative estimate of drug-likeness (QED) is 0.394. The molecule has 1 aliphatic rings. The second-order valence-electron chi connectivity index (χ2n) is 6.04. The van der Waals surface area contributed by atoms with E-state index in [1.807, 2.05) is 31.4 Å². The summed E-state index contributed by atoms with van der Waals surface area (Å²) in [7, 11) is 0. The smallest absolute Gasteiger partial charge is 0.336 e. The molecular weight excluding hydrogens is 395 g/mol. The van der Waals surface area contributed by atoms with Gasteiger partial charge in [-0.2, -0.15) is 0 Å². The predicted octanol–water partition coefficient (Wildman–Crippen LogP) is 3.57. The Morgan fingerprint density at radius 2 is 1.83 bits per heavy atom. The van der Waals surface area contributed by atoms with E-state index >= 15 is 0 Å². The van der Waals surface area contributed by atoms with E-state index in [1.165, 1.54) is 29.5 Å². The van der Waals surface area contributed by atoms with Crippen LogP contribution >= 0.6 is 11.3 Å². The lowest BCUT2D eigenvalue weighted by atomic mass is 10.3. The van der Waals surface area contributed by atoms with Gasteiger partial charge in [-0.1, -0.05) is 6.07 Å². The van der Waals surface area contributed by atoms with Gasteiger partial charge in [-0.05, 0) is 55.6 Å². The summed E-state index contributed by atoms with van der Waals surface area (Å²) in [5.74, 6) is -2.96. The van der Waals surface area contributed by atoms with Gasteiger partial charge in [-0.25, -0.2) is 14.1 Å². The number of halogens is 1. The molecule has 1 aromatic carbocycles. The van der Waals surface area contributed by atoms with Crippen molar-refractivity contribution in [3.63, 3.8) is 0 Å². The molecule has 1 aromatic heterocycles. The second kappa shape index (κ2) is 8.83. The topological polar surface area (TPSA) is 66.9 Å². The van der Waals surface area contributed by atoms with Crippen LogP contribution in [0.4, 0.5) is 10.1 Å². The summed E-state index contributed by atoms with van der Waals surface area (Å²) < 4.78 is 18.5. The van der Waals surface area contributed by atoms with Gasteiger partial charge in [0.25, 0.3) is 5.91 Å². The molecule has 29 heavy (non-hydrogen) atoms. The zero-order chi connectivity index (χ0) is 21.0. The van der Waals surface area contributed by atoms with E-state index in [-0.39, 0.29) is 17.1 Å². The molecule has 6 nitrogen and oxygen atoms in total. The predicted molar refractivity (Wildman–Crippen MR) is 108 cm³/mol. The molecule has 2 heterocycles. The van der Waals surface area contributed by atoms with Crippen molar-refractivity contribution in [3.05, 3.63) is 70.0 Å². The molecule has 0 aliphatic carbocycles. The monoisotopic (exact) mass is 414 g/mol. The maximum absolute atomic E-state index is 13.2. The van der Waals surface area contributed by atoms with Crippen molar-refractivity contribution in [1.29, 1.82) is 0 Å². The third kappa shape index (κ3) is 4.27. The number of carbonyl (C=O) groups excluding carboxylic acids is 3. The van der Waals surface area contributed by atoms with E-state index < -0.39 is 23.6 Å². The number of ether oxygens (including phenoxy) is 1. The molecule has 0 N–H and O–H groups in total. The number of nitrogens with zero attached hydrogens (tertiary/aromatic N) is 2. The average Bonchev–Trinajstić information content (AvgIpc) is 3.31. The third-order valence-corrected chi connectivity index (χ3v) is 5.15. The number of benzene rings is 1. The molecule has 0 fully saturated rings. The second-order valence-corrected chi connectivity index (χ2v) is 7.02. The number of imide groups is 1. The Bertz CT molecular complexity index is 977. The van der Waals surface area contributed by atoms with E-state index in [0.29, 0.717) is 13.1 Å². The van der Waals surface area contributed by atoms with Gasteiger partial charge in [0.1, 0.15) is 5.82 Å². The number of carbonyl (C=O) groups is 3. The molecule has 150 valence electrons. The normalized spacial score (nSPS) is 14.2. The highest BCUT2D eigenvalue weighted by Gasteiger charge is 2.43. The van der Waals surface area contributed by atoms with Crippen LogP contribution in [-0.2, 0) is 19.1 Å². The summed E-state index contributed by atoms with van der Waals surface area (Å²) in [5, 5.41) is 1.87. The van der Waals surface area contributed by atoms with Gasteiger partial charge in [-0.15, -0.1) is 11.3 Å². The molecule has 0 bridgehead atoms. The number of hydrogen-bond acceptors (Lipinski definition) is 6. The van der Waals surface area contributed by atoms with Gasteiger partial charge < -0.3 is 9.64 Å². The summed E-state index contributed by atoms with van der Waals surface area (Å²) in [6.07, 6.45) is 2.78. The highest BCUT2D eigenvalue weighted by molar-refractivity contribution is 7.10. The van der Waals surface area contributed by atoms with Crippen molar-refractivity contribution < 1.29 is 23.5 Å². The van der Waals surface area contributed by atoms with Gasteiger partial charge in [0.2, 0.25) is 5.76 Å². The minimum Gasteiger partial charge on any atom is -0.415 e. The lowest BCUT2D eigenvalue weighted by Crippen LogP contribution is -2.35. The average molecular weight is 414 g/mol. The Morgan fingerprint density at radius 1 is 1.14 bits per heavy atom. The first-order chi connectivity index (χ1) is 14.0. The lowest BCUT2D eigenvalue weighted by molar-refractivity contribution is -0.137. The Hall–Kier alpha value is -3.26. The van der Waals surface area contributed by atoms with Crippen LogP contribution in [0.2, 0.25) is 0 Å². The van der Waals surface area contributed by atoms with Crippen molar-refractivity contribution in [1.82, 2.24) is 4.90 Å². The molecule has 0 unspecified atom stereocenters. The SMILES string of the molecule is CCN(CC)C1=C(OC(=O)/C=C/c2cccs2)C(=O)N(c2ccc(F)cc2)C1=O. The number of thiophene rings is 1. The molecule has 1 aliphatic heterocycles. The molecule has 3 rings (SSSR count). The van der Waals surface area contributed by atoms with Crippen LogP contribution in [0.3, 0.4) is 0 Å². The number of esters is 1. The minimum absolute atomic E-state index is 0.0159. The van der Waals surface area contributed by atoms with Crippen molar-refractivity contribution in [2.24, 2.45) is 0 Å². The van der Waals surface area contributed by atoms with Gasteiger partial charge >= 0.3 is 11.9 Å². The molecule has 0 saturated heterocycles. The largest absolute Gasteiger partial charge is 0.415 e. The summed E-state index contributed by atoms with van der Waals surface area (Å²) in [4.78, 5) is 41.6. The number of amides is 2. The standard InChI is InChI=1S/C21H19FN2O4S/c1-3-23(4-2)18-19(28-17(25)12-11-16-6-5-13-29-16)21(27)24(20(18)26)15-9-7-14(22)8-10-15/h5-13H,3-4H2,1-2H3/b12-11+. The molecule has 0 radical (unpaired) electrons. The van der Waals surface area contributed by atoms with E-state index in [2.05, 4.69) is 0 Å². The minimum atomic E-state index is -0.764. The lowest BCUT2D eigenvalue weighted by Gasteiger charge is -2.22. The van der Waals surface area contributed by atoms with Crippen LogP contribution < -0.4 is 4.90 Å². The Morgan fingerprint density at radius 3 is 2.41 bits per heavy atom. The Balaban J connectivity index is 1.92. The Labute approximate surface area is 171 Å². The molecule has 0 spiro atoms. The summed E-state index contributed by atoms with van der Waals surface area (Å²) in [6, 6.07) is 8.63. The van der Waals surface area contributed by atoms with Gasteiger partial charge in [0.15, 0.2) is 5.70 Å². The Kier molecular flexibility index (Phi) is 6.23. The van der Waals surface area contributed by atoms with Gasteiger partial charge in [0, 0.05) is 24.0 Å². The summed E-state index contributed by atoms with van der Waals surface area (Å²) >= 11 is 1.45. The van der Waals surface area contributed by atoms with Gasteiger partial charge in [0.05, 0.1) is 5.69 Å². The van der Waals surface area contributed by atoms with Crippen LogP contribution in [-0.4, -0.2) is 35.8 Å². The number of hydrogen-bond donors (Lipinski definition) is 0. The van der Waals surface area contributed by atoms with Crippen LogP contribution in [0.5, 0.6) is 0 Å². The first-order valence-corrected chi connectivity index (χ1v) is 9.91. The molecule has 0 atom stereocenters. The van der Waals surface area contributed by atoms with Crippen LogP contribution in [0.1, 0.15) is 18.7 Å². The van der Waals surface area contributed by atoms with E-state index in [0.717, 1.165) is 21.9 Å². The highest BCUT2D eigenvalue weighted by Crippen LogP contribution is 2.30. The fourth-order valence-corrected chi connectivity index (χ4v) is 3.52. The van der Waals surface area contributed by atoms with E-state index in [9.17, 15) is 18.8 Å². The zero-order valence-corrected chi connectivity index (χ0v) is 16.7. The zero-order valence-electron chi connectivity index (χ0n) is 15.9. The maximum atomic E-state index is 13.2. The van der Waals surface area contributed by atoms with E-state index in [4.69, 9.17) is 4.74 Å². The fraction of sp³-hybridized carbons (Fsp3) is 0.190. The van der Waals surface area contributed by atoms with Crippen molar-refractivity contribution in [2.45, 2.75) is 13.8 Å². The van der Waals surface area contributed by atoms with Gasteiger partial charge in [-0.3, -0.25) is 9.59 Å². The van der Waals surface area contributed by atoms with Crippen molar-refractivity contribution in [3.8, 4) is 0 Å². The molecule has 8 heteroatoms. The van der Waals surface area contributed by atoms with Crippen LogP contribution in [0, 0.1) is 5.82 Å². The summed E-state index contributed by atoms with van der Waals surface area (Å²) in [5.41, 5.74) is 0.216. The van der Waals surface area contributed by atoms with E-state index in [1.54, 1.807) is 11.0 Å². The first-order valence-electron chi connectivity index (χ1n) is 9.03. The van der Waals surface area contributed by atoms with Crippen LogP contribution in [0.15, 0.2) is 59.3 Å². The number of anilines is 1. The summed E-state index contributed by atoms with van der Waals surface area (Å²) in [6.45, 7) is 4.53. The van der Waals surface area contributed by atoms with Crippen LogP contribution in [0.25, 0.3) is 6.08 Å². The highest BCUT2D eigenvalue weighted by atomic mass is 32.1. The number of likely N-dealkylation sites (N-methyl/N-ethyl adjacent to an activating group) is 1. The molecular formula is C21H19FN2O4S. The fourth-order valence-electron chi connectivity index (χ4n) is 2.90. The first kappa shape index (κ1) is 20.5.